The van der Waals surface area contributed by atoms with E-state index in [-0.39, 0.29) is 5.91 Å². The lowest BCUT2D eigenvalue weighted by Gasteiger charge is -2.32. The van der Waals surface area contributed by atoms with E-state index in [1.807, 2.05) is 54.0 Å². The second kappa shape index (κ2) is 7.23. The lowest BCUT2D eigenvalue weighted by molar-refractivity contribution is 0.0947. The monoisotopic (exact) mass is 351 g/mol. The zero-order valence-corrected chi connectivity index (χ0v) is 14.8. The van der Waals surface area contributed by atoms with Crippen LogP contribution in [0.15, 0.2) is 54.0 Å². The SMILES string of the molecule is O=C(NCC1CCCN(c2nccs2)C1)c1cccc2ccccc12. The van der Waals surface area contributed by atoms with Gasteiger partial charge in [0.05, 0.1) is 0 Å². The molecule has 1 N–H and O–H groups in total. The molecule has 5 heteroatoms. The molecule has 3 aromatic rings. The van der Waals surface area contributed by atoms with Gasteiger partial charge in [0.2, 0.25) is 0 Å². The average Bonchev–Trinajstić information content (AvgIpc) is 3.21. The highest BCUT2D eigenvalue weighted by Crippen LogP contribution is 2.24. The zero-order chi connectivity index (χ0) is 17.1. The summed E-state index contributed by atoms with van der Waals surface area (Å²) in [6.45, 7) is 2.73. The van der Waals surface area contributed by atoms with Crippen LogP contribution in [0, 0.1) is 5.92 Å². The third-order valence-corrected chi connectivity index (χ3v) is 5.63. The molecule has 2 heterocycles. The molecule has 128 valence electrons. The van der Waals surface area contributed by atoms with Crippen molar-refractivity contribution in [2.24, 2.45) is 5.92 Å². The lowest BCUT2D eigenvalue weighted by Crippen LogP contribution is -2.41. The van der Waals surface area contributed by atoms with Gasteiger partial charge in [0.1, 0.15) is 0 Å². The Morgan fingerprint density at radius 3 is 3.00 bits per heavy atom. The summed E-state index contributed by atoms with van der Waals surface area (Å²) >= 11 is 1.68. The molecule has 0 spiro atoms. The van der Waals surface area contributed by atoms with Crippen molar-refractivity contribution in [1.82, 2.24) is 10.3 Å². The Bertz CT molecular complexity index is 857. The Kier molecular flexibility index (Phi) is 4.65. The summed E-state index contributed by atoms with van der Waals surface area (Å²) in [7, 11) is 0. The molecule has 1 atom stereocenters. The molecule has 1 amide bonds. The summed E-state index contributed by atoms with van der Waals surface area (Å²) < 4.78 is 0. The molecule has 1 unspecified atom stereocenters. The highest BCUT2D eigenvalue weighted by Gasteiger charge is 2.22. The molecule has 4 nitrogen and oxygen atoms in total. The number of aromatic nitrogens is 1. The van der Waals surface area contributed by atoms with Crippen LogP contribution in [0.2, 0.25) is 0 Å². The van der Waals surface area contributed by atoms with Crippen LogP contribution in [0.25, 0.3) is 10.8 Å². The number of piperidine rings is 1. The van der Waals surface area contributed by atoms with Gasteiger partial charge in [0.15, 0.2) is 5.13 Å². The number of anilines is 1. The summed E-state index contributed by atoms with van der Waals surface area (Å²) in [6, 6.07) is 13.9. The number of rotatable bonds is 4. The van der Waals surface area contributed by atoms with Crippen LogP contribution in [0.4, 0.5) is 5.13 Å². The first-order valence-corrected chi connectivity index (χ1v) is 9.59. The van der Waals surface area contributed by atoms with E-state index in [4.69, 9.17) is 0 Å². The predicted molar refractivity (Wildman–Crippen MR) is 103 cm³/mol. The van der Waals surface area contributed by atoms with Crippen LogP contribution in [0.3, 0.4) is 0 Å². The minimum absolute atomic E-state index is 0.0168. The van der Waals surface area contributed by atoms with Gasteiger partial charge in [0.25, 0.3) is 5.91 Å². The van der Waals surface area contributed by atoms with E-state index < -0.39 is 0 Å². The van der Waals surface area contributed by atoms with Gasteiger partial charge in [-0.05, 0) is 35.6 Å². The minimum atomic E-state index is 0.0168. The lowest BCUT2D eigenvalue weighted by atomic mass is 9.98. The molecule has 2 aromatic carbocycles. The number of hydrogen-bond donors (Lipinski definition) is 1. The fraction of sp³-hybridized carbons (Fsp3) is 0.300. The first-order valence-electron chi connectivity index (χ1n) is 8.71. The van der Waals surface area contributed by atoms with E-state index in [1.54, 1.807) is 11.3 Å². The molecular formula is C20H21N3OS. The van der Waals surface area contributed by atoms with Crippen LogP contribution in [0.1, 0.15) is 23.2 Å². The Balaban J connectivity index is 1.41. The smallest absolute Gasteiger partial charge is 0.251 e. The summed E-state index contributed by atoms with van der Waals surface area (Å²) in [6.07, 6.45) is 4.15. The van der Waals surface area contributed by atoms with Gasteiger partial charge >= 0.3 is 0 Å². The normalized spacial score (nSPS) is 17.6. The Morgan fingerprint density at radius 2 is 2.12 bits per heavy atom. The highest BCUT2D eigenvalue weighted by molar-refractivity contribution is 7.13. The quantitative estimate of drug-likeness (QED) is 0.774. The van der Waals surface area contributed by atoms with E-state index in [1.165, 1.54) is 0 Å². The molecule has 25 heavy (non-hydrogen) atoms. The third kappa shape index (κ3) is 3.51. The van der Waals surface area contributed by atoms with Crippen molar-refractivity contribution < 1.29 is 4.79 Å². The predicted octanol–water partition coefficient (Wildman–Crippen LogP) is 3.94. The standard InChI is InChI=1S/C20H21N3OS/c24-19(18-9-3-7-16-6-1-2-8-17(16)18)22-13-15-5-4-11-23(14-15)20-21-10-12-25-20/h1-3,6-10,12,15H,4-5,11,13-14H2,(H,22,24). The van der Waals surface area contributed by atoms with Gasteiger partial charge in [-0.25, -0.2) is 4.98 Å². The van der Waals surface area contributed by atoms with Crippen LogP contribution in [-0.4, -0.2) is 30.5 Å². The molecular weight excluding hydrogens is 330 g/mol. The fourth-order valence-electron chi connectivity index (χ4n) is 3.53. The molecule has 0 aliphatic carbocycles. The maximum absolute atomic E-state index is 12.7. The maximum Gasteiger partial charge on any atom is 0.251 e. The molecule has 1 aliphatic heterocycles. The van der Waals surface area contributed by atoms with Crippen molar-refractivity contribution >= 4 is 33.1 Å². The van der Waals surface area contributed by atoms with Gasteiger partial charge in [-0.3, -0.25) is 4.79 Å². The molecule has 1 saturated heterocycles. The van der Waals surface area contributed by atoms with Gasteiger partial charge in [0, 0.05) is 36.8 Å². The second-order valence-corrected chi connectivity index (χ2v) is 7.38. The third-order valence-electron chi connectivity index (χ3n) is 4.79. The van der Waals surface area contributed by atoms with Crippen LogP contribution >= 0.6 is 11.3 Å². The summed E-state index contributed by atoms with van der Waals surface area (Å²) in [4.78, 5) is 19.4. The molecule has 0 radical (unpaired) electrons. The second-order valence-electron chi connectivity index (χ2n) is 6.51. The van der Waals surface area contributed by atoms with E-state index in [9.17, 15) is 4.79 Å². The van der Waals surface area contributed by atoms with Crippen LogP contribution in [0.5, 0.6) is 0 Å². The van der Waals surface area contributed by atoms with Crippen molar-refractivity contribution in [3.05, 3.63) is 59.6 Å². The van der Waals surface area contributed by atoms with Gasteiger partial charge in [-0.15, -0.1) is 11.3 Å². The van der Waals surface area contributed by atoms with Crippen molar-refractivity contribution in [3.63, 3.8) is 0 Å². The zero-order valence-electron chi connectivity index (χ0n) is 14.0. The number of benzene rings is 2. The number of fused-ring (bicyclic) bond motifs is 1. The van der Waals surface area contributed by atoms with Crippen LogP contribution in [-0.2, 0) is 0 Å². The molecule has 0 bridgehead atoms. The molecule has 4 rings (SSSR count). The molecule has 1 aliphatic rings. The summed E-state index contributed by atoms with van der Waals surface area (Å²) in [5, 5.41) is 8.36. The van der Waals surface area contributed by atoms with Crippen LogP contribution < -0.4 is 10.2 Å². The number of carbonyl (C=O) groups is 1. The van der Waals surface area contributed by atoms with E-state index in [0.29, 0.717) is 12.5 Å². The molecule has 0 saturated carbocycles. The van der Waals surface area contributed by atoms with Crippen molar-refractivity contribution in [1.29, 1.82) is 0 Å². The molecule has 1 aromatic heterocycles. The first kappa shape index (κ1) is 16.1. The van der Waals surface area contributed by atoms with Crippen molar-refractivity contribution in [3.8, 4) is 0 Å². The summed E-state index contributed by atoms with van der Waals surface area (Å²) in [5.74, 6) is 0.486. The van der Waals surface area contributed by atoms with Gasteiger partial charge < -0.3 is 10.2 Å². The average molecular weight is 351 g/mol. The Morgan fingerprint density at radius 1 is 1.24 bits per heavy atom. The van der Waals surface area contributed by atoms with Gasteiger partial charge in [-0.2, -0.15) is 0 Å². The fourth-order valence-corrected chi connectivity index (χ4v) is 4.21. The number of nitrogens with one attached hydrogen (secondary N) is 1. The van der Waals surface area contributed by atoms with E-state index in [0.717, 1.165) is 47.4 Å². The Hall–Kier alpha value is -2.40. The number of hydrogen-bond acceptors (Lipinski definition) is 4. The van der Waals surface area contributed by atoms with Crippen molar-refractivity contribution in [2.45, 2.75) is 12.8 Å². The van der Waals surface area contributed by atoms with Gasteiger partial charge in [-0.1, -0.05) is 36.4 Å². The van der Waals surface area contributed by atoms with Crippen molar-refractivity contribution in [2.75, 3.05) is 24.5 Å². The minimum Gasteiger partial charge on any atom is -0.352 e. The topological polar surface area (TPSA) is 45.2 Å². The first-order chi connectivity index (χ1) is 12.3. The van der Waals surface area contributed by atoms with E-state index in [2.05, 4.69) is 15.2 Å². The Labute approximate surface area is 151 Å². The summed E-state index contributed by atoms with van der Waals surface area (Å²) in [5.41, 5.74) is 0.755. The number of amides is 1. The maximum atomic E-state index is 12.7. The van der Waals surface area contributed by atoms with E-state index >= 15 is 0 Å². The number of nitrogens with zero attached hydrogens (tertiary/aromatic N) is 2. The largest absolute Gasteiger partial charge is 0.352 e. The number of thiazole rings is 1. The number of carbonyl (C=O) groups excluding carboxylic acids is 1. The molecule has 1 fully saturated rings. The highest BCUT2D eigenvalue weighted by atomic mass is 32.1.